The average molecular weight is 225 g/mol. The molecule has 0 aliphatic carbocycles. The van der Waals surface area contributed by atoms with Crippen LogP contribution in [0, 0.1) is 0 Å². The smallest absolute Gasteiger partial charge is 0.137 e. The molecule has 2 aromatic rings. The Kier molecular flexibility index (Phi) is 1.93. The molecule has 2 heterocycles. The van der Waals surface area contributed by atoms with E-state index in [9.17, 15) is 0 Å². The first-order valence-corrected chi connectivity index (χ1v) is 5.72. The summed E-state index contributed by atoms with van der Waals surface area (Å²) in [5.41, 5.74) is 7.18. The second-order valence-corrected chi connectivity index (χ2v) is 4.97. The third kappa shape index (κ3) is 1.39. The van der Waals surface area contributed by atoms with E-state index < -0.39 is 0 Å². The second-order valence-electron chi connectivity index (χ2n) is 4.97. The number of nitrogens with two attached hydrogens (primary N) is 1. The number of anilines is 2. The molecular weight excluding hydrogens is 210 g/mol. The standard InChI is InChI=1S/C14H15N3/c1-14(2)7-8-16-13-11(14)9-5-3-4-6-10(9)12(15)17-13/h3-8H,1-2H3,(H3,15,16,17). The van der Waals surface area contributed by atoms with Gasteiger partial charge in [0.2, 0.25) is 0 Å². The number of allylic oxidation sites excluding steroid dienone is 1. The normalized spacial score (nSPS) is 16.6. The molecule has 86 valence electrons. The van der Waals surface area contributed by atoms with Gasteiger partial charge in [0, 0.05) is 16.4 Å². The third-order valence-electron chi connectivity index (χ3n) is 3.31. The highest BCUT2D eigenvalue weighted by Crippen LogP contribution is 2.39. The van der Waals surface area contributed by atoms with Crippen molar-refractivity contribution in [2.75, 3.05) is 11.1 Å². The van der Waals surface area contributed by atoms with E-state index in [2.05, 4.69) is 36.3 Å². The molecule has 3 rings (SSSR count). The molecule has 1 aromatic heterocycles. The van der Waals surface area contributed by atoms with E-state index in [4.69, 9.17) is 5.73 Å². The van der Waals surface area contributed by atoms with Crippen molar-refractivity contribution in [1.82, 2.24) is 4.98 Å². The Balaban J connectivity index is 2.47. The lowest BCUT2D eigenvalue weighted by Crippen LogP contribution is -2.21. The first-order chi connectivity index (χ1) is 8.09. The zero-order chi connectivity index (χ0) is 12.0. The van der Waals surface area contributed by atoms with Crippen LogP contribution in [0.1, 0.15) is 19.4 Å². The molecule has 17 heavy (non-hydrogen) atoms. The predicted octanol–water partition coefficient (Wildman–Crippen LogP) is 3.03. The van der Waals surface area contributed by atoms with Gasteiger partial charge < -0.3 is 11.1 Å². The van der Waals surface area contributed by atoms with E-state index in [1.807, 2.05) is 24.4 Å². The highest BCUT2D eigenvalue weighted by molar-refractivity contribution is 5.97. The van der Waals surface area contributed by atoms with Crippen LogP contribution >= 0.6 is 0 Å². The number of nitrogens with zero attached hydrogens (tertiary/aromatic N) is 1. The van der Waals surface area contributed by atoms with Crippen LogP contribution in [0.4, 0.5) is 11.6 Å². The van der Waals surface area contributed by atoms with Gasteiger partial charge in [0.05, 0.1) is 0 Å². The lowest BCUT2D eigenvalue weighted by Gasteiger charge is -2.29. The fourth-order valence-corrected chi connectivity index (χ4v) is 2.46. The lowest BCUT2D eigenvalue weighted by atomic mass is 9.80. The van der Waals surface area contributed by atoms with Gasteiger partial charge in [-0.15, -0.1) is 0 Å². The van der Waals surface area contributed by atoms with E-state index in [0.29, 0.717) is 5.82 Å². The van der Waals surface area contributed by atoms with Gasteiger partial charge in [-0.3, -0.25) is 0 Å². The lowest BCUT2D eigenvalue weighted by molar-refractivity contribution is 0.668. The molecular formula is C14H15N3. The third-order valence-corrected chi connectivity index (χ3v) is 3.31. The quantitative estimate of drug-likeness (QED) is 0.724. The summed E-state index contributed by atoms with van der Waals surface area (Å²) >= 11 is 0. The van der Waals surface area contributed by atoms with Crippen LogP contribution in [0.5, 0.6) is 0 Å². The van der Waals surface area contributed by atoms with Gasteiger partial charge in [0.25, 0.3) is 0 Å². The number of aromatic nitrogens is 1. The Morgan fingerprint density at radius 3 is 2.65 bits per heavy atom. The summed E-state index contributed by atoms with van der Waals surface area (Å²) in [7, 11) is 0. The van der Waals surface area contributed by atoms with Gasteiger partial charge in [-0.1, -0.05) is 44.2 Å². The van der Waals surface area contributed by atoms with Crippen molar-refractivity contribution < 1.29 is 0 Å². The zero-order valence-corrected chi connectivity index (χ0v) is 9.99. The van der Waals surface area contributed by atoms with Crippen LogP contribution in [0.25, 0.3) is 10.8 Å². The van der Waals surface area contributed by atoms with E-state index in [1.54, 1.807) is 0 Å². The van der Waals surface area contributed by atoms with E-state index in [0.717, 1.165) is 11.2 Å². The first-order valence-electron chi connectivity index (χ1n) is 5.72. The van der Waals surface area contributed by atoms with Crippen molar-refractivity contribution in [3.8, 4) is 0 Å². The van der Waals surface area contributed by atoms with Crippen LogP contribution in [0.2, 0.25) is 0 Å². The molecule has 0 saturated carbocycles. The molecule has 0 unspecified atom stereocenters. The maximum absolute atomic E-state index is 5.99. The van der Waals surface area contributed by atoms with Crippen LogP contribution in [0.15, 0.2) is 36.5 Å². The van der Waals surface area contributed by atoms with E-state index in [-0.39, 0.29) is 5.41 Å². The monoisotopic (exact) mass is 225 g/mol. The fraction of sp³-hybridized carbons (Fsp3) is 0.214. The molecule has 3 nitrogen and oxygen atoms in total. The van der Waals surface area contributed by atoms with E-state index in [1.165, 1.54) is 10.9 Å². The molecule has 3 heteroatoms. The molecule has 1 aliphatic rings. The highest BCUT2D eigenvalue weighted by Gasteiger charge is 2.27. The Morgan fingerprint density at radius 1 is 1.18 bits per heavy atom. The summed E-state index contributed by atoms with van der Waals surface area (Å²) in [5.74, 6) is 1.45. The molecule has 3 N–H and O–H groups in total. The number of hydrogen-bond donors (Lipinski definition) is 2. The Bertz CT molecular complexity index is 627. The number of pyridine rings is 1. The first kappa shape index (κ1) is 10.1. The second kappa shape index (κ2) is 3.23. The largest absolute Gasteiger partial charge is 0.383 e. The maximum atomic E-state index is 5.99. The minimum absolute atomic E-state index is 0.0269. The van der Waals surface area contributed by atoms with Gasteiger partial charge in [-0.05, 0) is 11.6 Å². The topological polar surface area (TPSA) is 50.9 Å². The minimum atomic E-state index is -0.0269. The van der Waals surface area contributed by atoms with Crippen molar-refractivity contribution in [3.05, 3.63) is 42.1 Å². The van der Waals surface area contributed by atoms with Crippen molar-refractivity contribution in [2.45, 2.75) is 19.3 Å². The Hall–Kier alpha value is -2.03. The minimum Gasteiger partial charge on any atom is -0.383 e. The van der Waals surface area contributed by atoms with Crippen molar-refractivity contribution in [1.29, 1.82) is 0 Å². The summed E-state index contributed by atoms with van der Waals surface area (Å²) in [6, 6.07) is 8.16. The van der Waals surface area contributed by atoms with Crippen LogP contribution in [-0.2, 0) is 5.41 Å². The summed E-state index contributed by atoms with van der Waals surface area (Å²) in [6.07, 6.45) is 4.09. The van der Waals surface area contributed by atoms with Crippen molar-refractivity contribution in [2.24, 2.45) is 0 Å². The van der Waals surface area contributed by atoms with E-state index >= 15 is 0 Å². The summed E-state index contributed by atoms with van der Waals surface area (Å²) in [6.45, 7) is 4.38. The van der Waals surface area contributed by atoms with Crippen molar-refractivity contribution in [3.63, 3.8) is 0 Å². The summed E-state index contributed by atoms with van der Waals surface area (Å²) in [5, 5.41) is 5.38. The molecule has 0 spiro atoms. The average Bonchev–Trinajstić information content (AvgIpc) is 2.28. The van der Waals surface area contributed by atoms with Gasteiger partial charge in [0.15, 0.2) is 0 Å². The predicted molar refractivity (Wildman–Crippen MR) is 71.9 cm³/mol. The molecule has 1 aromatic carbocycles. The van der Waals surface area contributed by atoms with Crippen LogP contribution in [-0.4, -0.2) is 4.98 Å². The van der Waals surface area contributed by atoms with Gasteiger partial charge >= 0.3 is 0 Å². The Morgan fingerprint density at radius 2 is 1.88 bits per heavy atom. The highest BCUT2D eigenvalue weighted by atomic mass is 15.0. The summed E-state index contributed by atoms with van der Waals surface area (Å²) < 4.78 is 0. The van der Waals surface area contributed by atoms with Gasteiger partial charge in [-0.25, -0.2) is 4.98 Å². The molecule has 0 radical (unpaired) electrons. The van der Waals surface area contributed by atoms with Crippen LogP contribution < -0.4 is 11.1 Å². The Labute approximate surface area is 100 Å². The number of nitrogen functional groups attached to an aromatic ring is 1. The number of fused-ring (bicyclic) bond motifs is 3. The van der Waals surface area contributed by atoms with Gasteiger partial charge in [-0.2, -0.15) is 0 Å². The van der Waals surface area contributed by atoms with Crippen molar-refractivity contribution >= 4 is 22.4 Å². The molecule has 0 bridgehead atoms. The molecule has 1 aliphatic heterocycles. The number of rotatable bonds is 0. The maximum Gasteiger partial charge on any atom is 0.137 e. The summed E-state index contributed by atoms with van der Waals surface area (Å²) in [4.78, 5) is 4.45. The SMILES string of the molecule is CC1(C)C=CNc2nc(N)c3ccccc3c21. The zero-order valence-electron chi connectivity index (χ0n) is 9.99. The molecule has 0 saturated heterocycles. The fourth-order valence-electron chi connectivity index (χ4n) is 2.46. The molecule has 0 fully saturated rings. The van der Waals surface area contributed by atoms with Gasteiger partial charge in [0.1, 0.15) is 11.6 Å². The molecule has 0 amide bonds. The number of hydrogen-bond acceptors (Lipinski definition) is 3. The van der Waals surface area contributed by atoms with Crippen LogP contribution in [0.3, 0.4) is 0 Å². The molecule has 0 atom stereocenters. The number of nitrogens with one attached hydrogen (secondary N) is 1. The number of benzene rings is 1.